The molecule has 0 aliphatic rings. The van der Waals surface area contributed by atoms with Gasteiger partial charge in [0.15, 0.2) is 6.61 Å². The second-order valence-electron chi connectivity index (χ2n) is 8.69. The zero-order chi connectivity index (χ0) is 25.9. The molecule has 0 aliphatic carbocycles. The molecule has 0 radical (unpaired) electrons. The maximum atomic E-state index is 13.9. The Kier molecular flexibility index (Phi) is 6.88. The maximum Gasteiger partial charge on any atom is 0.344 e. The Morgan fingerprint density at radius 1 is 1.03 bits per heavy atom. The number of aryl methyl sites for hydroxylation is 1. The molecule has 5 rings (SSSR count). The van der Waals surface area contributed by atoms with E-state index in [4.69, 9.17) is 21.1 Å². The zero-order valence-electron chi connectivity index (χ0n) is 20.5. The molecule has 1 amide bonds. The number of carbonyl (C=O) groups is 2. The minimum Gasteiger partial charge on any atom is -0.482 e. The molecule has 8 heteroatoms. The van der Waals surface area contributed by atoms with Crippen molar-refractivity contribution < 1.29 is 19.1 Å². The van der Waals surface area contributed by atoms with E-state index < -0.39 is 11.9 Å². The standard InChI is InChI=1S/C29H26ClN3O4/c1-3-36-27(34)17-37-20-12-13-22-24(16-33(2)26(22)14-20)28(23-15-31-25-7-5-4-6-21(23)25)29(35)32-19-10-8-18(30)9-11-19/h4-16,28,31H,3,17H2,1-2H3,(H,32,35). The molecule has 37 heavy (non-hydrogen) atoms. The van der Waals surface area contributed by atoms with Crippen molar-refractivity contribution in [1.82, 2.24) is 9.55 Å². The van der Waals surface area contributed by atoms with Gasteiger partial charge in [-0.05, 0) is 60.5 Å². The number of nitrogens with zero attached hydrogens (tertiary/aromatic N) is 1. The molecule has 188 valence electrons. The minimum absolute atomic E-state index is 0.165. The number of hydrogen-bond acceptors (Lipinski definition) is 4. The van der Waals surface area contributed by atoms with Crippen LogP contribution < -0.4 is 10.1 Å². The van der Waals surface area contributed by atoms with Gasteiger partial charge in [0.1, 0.15) is 5.75 Å². The van der Waals surface area contributed by atoms with Crippen molar-refractivity contribution in [3.05, 3.63) is 95.3 Å². The van der Waals surface area contributed by atoms with Crippen molar-refractivity contribution in [2.75, 3.05) is 18.5 Å². The quantitative estimate of drug-likeness (QED) is 0.247. The zero-order valence-corrected chi connectivity index (χ0v) is 21.2. The Bertz CT molecular complexity index is 1590. The number of benzene rings is 3. The maximum absolute atomic E-state index is 13.9. The molecule has 0 bridgehead atoms. The largest absolute Gasteiger partial charge is 0.482 e. The van der Waals surface area contributed by atoms with Crippen molar-refractivity contribution in [2.45, 2.75) is 12.8 Å². The molecule has 5 aromatic rings. The SMILES string of the molecule is CCOC(=O)COc1ccc2c(C(C(=O)Nc3ccc(Cl)cc3)c3c[nH]c4ccccc34)cn(C)c2c1. The number of esters is 1. The number of carbonyl (C=O) groups excluding carboxylic acids is 2. The van der Waals surface area contributed by atoms with Gasteiger partial charge in [0, 0.05) is 52.5 Å². The molecule has 2 heterocycles. The van der Waals surface area contributed by atoms with Crippen LogP contribution in [-0.4, -0.2) is 34.6 Å². The number of H-pyrrole nitrogens is 1. The molecule has 7 nitrogen and oxygen atoms in total. The molecule has 0 aliphatic heterocycles. The van der Waals surface area contributed by atoms with E-state index in [1.807, 2.05) is 60.4 Å². The van der Waals surface area contributed by atoms with E-state index in [1.54, 1.807) is 37.3 Å². The lowest BCUT2D eigenvalue weighted by atomic mass is 9.89. The van der Waals surface area contributed by atoms with Gasteiger partial charge in [0.05, 0.1) is 18.0 Å². The van der Waals surface area contributed by atoms with E-state index >= 15 is 0 Å². The highest BCUT2D eigenvalue weighted by atomic mass is 35.5. The van der Waals surface area contributed by atoms with E-state index in [0.29, 0.717) is 23.1 Å². The molecule has 2 aromatic heterocycles. The van der Waals surface area contributed by atoms with Crippen LogP contribution in [0.25, 0.3) is 21.8 Å². The first-order valence-electron chi connectivity index (χ1n) is 11.9. The Morgan fingerprint density at radius 3 is 2.59 bits per heavy atom. The van der Waals surface area contributed by atoms with Crippen LogP contribution in [0.4, 0.5) is 5.69 Å². The first-order chi connectivity index (χ1) is 17.9. The van der Waals surface area contributed by atoms with Gasteiger partial charge in [-0.25, -0.2) is 4.79 Å². The summed E-state index contributed by atoms with van der Waals surface area (Å²) in [4.78, 5) is 28.9. The van der Waals surface area contributed by atoms with Crippen molar-refractivity contribution in [2.24, 2.45) is 7.05 Å². The fourth-order valence-corrected chi connectivity index (χ4v) is 4.72. The molecule has 3 aromatic carbocycles. The summed E-state index contributed by atoms with van der Waals surface area (Å²) in [5, 5.41) is 5.54. The number of amides is 1. The molecule has 0 spiro atoms. The summed E-state index contributed by atoms with van der Waals surface area (Å²) in [5.74, 6) is -0.639. The number of nitrogens with one attached hydrogen (secondary N) is 2. The lowest BCUT2D eigenvalue weighted by molar-refractivity contribution is -0.145. The fraction of sp³-hybridized carbons (Fsp3) is 0.172. The third kappa shape index (κ3) is 5.04. The minimum atomic E-state index is -0.596. The van der Waals surface area contributed by atoms with E-state index in [2.05, 4.69) is 10.3 Å². The Hall–Kier alpha value is -4.23. The van der Waals surface area contributed by atoms with Crippen molar-refractivity contribution >= 4 is 51.0 Å². The number of rotatable bonds is 8. The van der Waals surface area contributed by atoms with Crippen LogP contribution in [0, 0.1) is 0 Å². The number of hydrogen-bond donors (Lipinski definition) is 2. The first-order valence-corrected chi connectivity index (χ1v) is 12.3. The molecule has 0 fully saturated rings. The van der Waals surface area contributed by atoms with Gasteiger partial charge < -0.3 is 24.3 Å². The summed E-state index contributed by atoms with van der Waals surface area (Å²) in [7, 11) is 1.92. The summed E-state index contributed by atoms with van der Waals surface area (Å²) in [6.45, 7) is 1.89. The van der Waals surface area contributed by atoms with Gasteiger partial charge in [-0.2, -0.15) is 0 Å². The Morgan fingerprint density at radius 2 is 1.81 bits per heavy atom. The number of anilines is 1. The second-order valence-corrected chi connectivity index (χ2v) is 9.12. The lowest BCUT2D eigenvalue weighted by Crippen LogP contribution is -2.22. The fourth-order valence-electron chi connectivity index (χ4n) is 4.59. The van der Waals surface area contributed by atoms with Crippen LogP contribution in [0.5, 0.6) is 5.75 Å². The van der Waals surface area contributed by atoms with Gasteiger partial charge in [-0.1, -0.05) is 29.8 Å². The number of aromatic nitrogens is 2. The highest BCUT2D eigenvalue weighted by Crippen LogP contribution is 2.37. The molecule has 0 saturated carbocycles. The molecule has 0 saturated heterocycles. The van der Waals surface area contributed by atoms with Crippen LogP contribution in [0.2, 0.25) is 5.02 Å². The van der Waals surface area contributed by atoms with Crippen LogP contribution in [-0.2, 0) is 21.4 Å². The van der Waals surface area contributed by atoms with E-state index in [9.17, 15) is 9.59 Å². The Labute approximate surface area is 218 Å². The van der Waals surface area contributed by atoms with Crippen LogP contribution >= 0.6 is 11.6 Å². The molecular weight excluding hydrogens is 490 g/mol. The second kappa shape index (κ2) is 10.4. The van der Waals surface area contributed by atoms with E-state index in [0.717, 1.165) is 32.9 Å². The monoisotopic (exact) mass is 515 g/mol. The summed E-state index contributed by atoms with van der Waals surface area (Å²) in [6.07, 6.45) is 3.86. The van der Waals surface area contributed by atoms with E-state index in [1.165, 1.54) is 0 Å². The number of para-hydroxylation sites is 1. The topological polar surface area (TPSA) is 85.3 Å². The number of ether oxygens (including phenoxy) is 2. The Balaban J connectivity index is 1.56. The van der Waals surface area contributed by atoms with Crippen LogP contribution in [0.1, 0.15) is 24.0 Å². The van der Waals surface area contributed by atoms with E-state index in [-0.39, 0.29) is 12.5 Å². The predicted octanol–water partition coefficient (Wildman–Crippen LogP) is 6.03. The average molecular weight is 516 g/mol. The summed E-state index contributed by atoms with van der Waals surface area (Å²) in [6, 6.07) is 20.6. The third-order valence-corrected chi connectivity index (χ3v) is 6.52. The van der Waals surface area contributed by atoms with Gasteiger partial charge in [0.25, 0.3) is 0 Å². The summed E-state index contributed by atoms with van der Waals surface area (Å²) < 4.78 is 12.5. The van der Waals surface area contributed by atoms with Gasteiger partial charge >= 0.3 is 5.97 Å². The summed E-state index contributed by atoms with van der Waals surface area (Å²) in [5.41, 5.74) is 4.22. The van der Waals surface area contributed by atoms with Crippen molar-refractivity contribution in [3.8, 4) is 5.75 Å². The molecule has 2 N–H and O–H groups in total. The predicted molar refractivity (Wildman–Crippen MR) is 145 cm³/mol. The summed E-state index contributed by atoms with van der Waals surface area (Å²) >= 11 is 6.03. The van der Waals surface area contributed by atoms with Crippen molar-refractivity contribution in [3.63, 3.8) is 0 Å². The lowest BCUT2D eigenvalue weighted by Gasteiger charge is -2.17. The van der Waals surface area contributed by atoms with Crippen molar-refractivity contribution in [1.29, 1.82) is 0 Å². The first kappa shape index (κ1) is 24.5. The average Bonchev–Trinajstić information content (AvgIpc) is 3.46. The molecule has 1 unspecified atom stereocenters. The smallest absolute Gasteiger partial charge is 0.344 e. The highest BCUT2D eigenvalue weighted by molar-refractivity contribution is 6.30. The molecule has 1 atom stereocenters. The number of halogens is 1. The number of fused-ring (bicyclic) bond motifs is 2. The third-order valence-electron chi connectivity index (χ3n) is 6.27. The van der Waals surface area contributed by atoms with Crippen LogP contribution in [0.3, 0.4) is 0 Å². The molecular formula is C29H26ClN3O4. The van der Waals surface area contributed by atoms with Gasteiger partial charge in [-0.15, -0.1) is 0 Å². The highest BCUT2D eigenvalue weighted by Gasteiger charge is 2.29. The normalized spacial score (nSPS) is 12.0. The van der Waals surface area contributed by atoms with Gasteiger partial charge in [0.2, 0.25) is 5.91 Å². The number of aromatic amines is 1. The van der Waals surface area contributed by atoms with Crippen LogP contribution in [0.15, 0.2) is 79.1 Å². The van der Waals surface area contributed by atoms with Gasteiger partial charge in [-0.3, -0.25) is 4.79 Å².